The van der Waals surface area contributed by atoms with Crippen LogP contribution in [0.4, 0.5) is 0 Å². The monoisotopic (exact) mass is 371 g/mol. The van der Waals surface area contributed by atoms with Crippen LogP contribution in [0.1, 0.15) is 56.0 Å². The highest BCUT2D eigenvalue weighted by atomic mass is 127. The van der Waals surface area contributed by atoms with Crippen LogP contribution in [0.3, 0.4) is 0 Å². The molecule has 0 aliphatic heterocycles. The molecule has 0 saturated heterocycles. The summed E-state index contributed by atoms with van der Waals surface area (Å²) < 4.78 is 2.40. The molecule has 1 aromatic rings. The summed E-state index contributed by atoms with van der Waals surface area (Å²) in [6, 6.07) is 0. The van der Waals surface area contributed by atoms with Gasteiger partial charge in [0, 0.05) is 13.3 Å². The van der Waals surface area contributed by atoms with E-state index in [0.717, 1.165) is 0 Å². The van der Waals surface area contributed by atoms with Crippen LogP contribution in [0, 0.1) is 13.8 Å². The maximum absolute atomic E-state index is 2.40. The zero-order valence-electron chi connectivity index (χ0n) is 11.3. The molecule has 0 aliphatic rings. The van der Waals surface area contributed by atoms with Gasteiger partial charge in [0.2, 0.25) is 5.51 Å². The standard InChI is InChI=1S/C13H24NS.HI.H2O/c1-4-5-6-7-8-9-10-14-11-15-13(3)12(14)2;;/h11H,4-10H2,1-3H3;1H;1H2/q+1;;/p-1. The van der Waals surface area contributed by atoms with Gasteiger partial charge in [0.25, 0.3) is 0 Å². The first-order chi connectivity index (χ1) is 7.25. The van der Waals surface area contributed by atoms with Gasteiger partial charge in [0.05, 0.1) is 4.88 Å². The molecule has 102 valence electrons. The predicted molar refractivity (Wildman–Crippen MR) is 71.0 cm³/mol. The Bertz CT molecular complexity index is 289. The highest BCUT2D eigenvalue weighted by Crippen LogP contribution is 2.09. The maximum Gasteiger partial charge on any atom is 0.225 e. The summed E-state index contributed by atoms with van der Waals surface area (Å²) in [4.78, 5) is 1.46. The lowest BCUT2D eigenvalue weighted by atomic mass is 10.1. The quantitative estimate of drug-likeness (QED) is 0.373. The van der Waals surface area contributed by atoms with E-state index in [1.807, 2.05) is 11.3 Å². The lowest BCUT2D eigenvalue weighted by molar-refractivity contribution is -0.698. The first-order valence-electron chi connectivity index (χ1n) is 6.19. The van der Waals surface area contributed by atoms with E-state index in [2.05, 4.69) is 30.8 Å². The van der Waals surface area contributed by atoms with Crippen molar-refractivity contribution in [2.75, 3.05) is 0 Å². The van der Waals surface area contributed by atoms with Gasteiger partial charge < -0.3 is 29.5 Å². The van der Waals surface area contributed by atoms with Gasteiger partial charge in [-0.2, -0.15) is 4.57 Å². The largest absolute Gasteiger partial charge is 1.00 e. The molecule has 0 atom stereocenters. The Hall–Kier alpha value is 0.320. The van der Waals surface area contributed by atoms with Crippen molar-refractivity contribution in [2.45, 2.75) is 65.8 Å². The second kappa shape index (κ2) is 11.4. The minimum absolute atomic E-state index is 0. The average molecular weight is 371 g/mol. The van der Waals surface area contributed by atoms with E-state index in [1.54, 1.807) is 0 Å². The highest BCUT2D eigenvalue weighted by molar-refractivity contribution is 7.09. The number of unbranched alkanes of at least 4 members (excludes halogenated alkanes) is 5. The van der Waals surface area contributed by atoms with Crippen LogP contribution >= 0.6 is 11.3 Å². The fraction of sp³-hybridized carbons (Fsp3) is 0.769. The van der Waals surface area contributed by atoms with Crippen molar-refractivity contribution in [3.8, 4) is 0 Å². The number of hydrogen-bond donors (Lipinski definition) is 0. The smallest absolute Gasteiger partial charge is 0.225 e. The molecule has 0 aliphatic carbocycles. The van der Waals surface area contributed by atoms with Crippen molar-refractivity contribution in [3.63, 3.8) is 0 Å². The van der Waals surface area contributed by atoms with Crippen molar-refractivity contribution in [1.82, 2.24) is 0 Å². The maximum atomic E-state index is 2.40. The van der Waals surface area contributed by atoms with E-state index in [0.29, 0.717) is 0 Å². The van der Waals surface area contributed by atoms with Crippen molar-refractivity contribution in [2.24, 2.45) is 0 Å². The van der Waals surface area contributed by atoms with Gasteiger partial charge in [-0.1, -0.05) is 43.9 Å². The van der Waals surface area contributed by atoms with Crippen LogP contribution in [0.15, 0.2) is 5.51 Å². The van der Waals surface area contributed by atoms with Crippen LogP contribution in [-0.4, -0.2) is 5.48 Å². The van der Waals surface area contributed by atoms with E-state index in [1.165, 1.54) is 55.6 Å². The summed E-state index contributed by atoms with van der Waals surface area (Å²) in [7, 11) is 0. The van der Waals surface area contributed by atoms with Crippen molar-refractivity contribution >= 4 is 11.3 Å². The molecule has 0 unspecified atom stereocenters. The summed E-state index contributed by atoms with van der Waals surface area (Å²) in [5.74, 6) is 0. The Morgan fingerprint density at radius 3 is 2.18 bits per heavy atom. The Labute approximate surface area is 127 Å². The second-order valence-corrected chi connectivity index (χ2v) is 5.38. The minimum atomic E-state index is 0. The fourth-order valence-corrected chi connectivity index (χ4v) is 2.63. The molecule has 4 heteroatoms. The number of aryl methyl sites for hydroxylation is 2. The Morgan fingerprint density at radius 1 is 1.06 bits per heavy atom. The minimum Gasteiger partial charge on any atom is -1.00 e. The van der Waals surface area contributed by atoms with Gasteiger partial charge in [0.1, 0.15) is 6.54 Å². The van der Waals surface area contributed by atoms with Gasteiger partial charge in [-0.15, -0.1) is 0 Å². The van der Waals surface area contributed by atoms with Crippen LogP contribution in [-0.2, 0) is 6.54 Å². The second-order valence-electron chi connectivity index (χ2n) is 4.33. The van der Waals surface area contributed by atoms with E-state index >= 15 is 0 Å². The molecule has 0 saturated carbocycles. The zero-order valence-corrected chi connectivity index (χ0v) is 14.2. The van der Waals surface area contributed by atoms with Crippen molar-refractivity contribution in [3.05, 3.63) is 16.1 Å². The normalized spacial score (nSPS) is 9.59. The molecule has 2 nitrogen and oxygen atoms in total. The molecule has 0 radical (unpaired) electrons. The van der Waals surface area contributed by atoms with Crippen LogP contribution in [0.25, 0.3) is 0 Å². The zero-order chi connectivity index (χ0) is 11.1. The lowest BCUT2D eigenvalue weighted by Gasteiger charge is -1.98. The SMILES string of the molecule is CCCCCCCC[n+]1csc(C)c1C.O.[I-]. The topological polar surface area (TPSA) is 35.4 Å². The predicted octanol–water partition coefficient (Wildman–Crippen LogP) is 0.192. The molecule has 0 amide bonds. The number of aromatic nitrogens is 1. The molecule has 0 spiro atoms. The van der Waals surface area contributed by atoms with Gasteiger partial charge in [-0.3, -0.25) is 0 Å². The number of hydrogen-bond acceptors (Lipinski definition) is 1. The molecule has 2 N–H and O–H groups in total. The molecule has 0 bridgehead atoms. The van der Waals surface area contributed by atoms with Gasteiger partial charge in [0.15, 0.2) is 5.69 Å². The van der Waals surface area contributed by atoms with E-state index in [-0.39, 0.29) is 29.5 Å². The average Bonchev–Trinajstić information content (AvgIpc) is 2.54. The molecule has 1 rings (SSSR count). The molecular weight excluding hydrogens is 345 g/mol. The Morgan fingerprint density at radius 2 is 1.65 bits per heavy atom. The number of thiazole rings is 1. The van der Waals surface area contributed by atoms with Gasteiger partial charge in [-0.25, -0.2) is 0 Å². The summed E-state index contributed by atoms with van der Waals surface area (Å²) in [5, 5.41) is 0. The van der Waals surface area contributed by atoms with Crippen LogP contribution in [0.2, 0.25) is 0 Å². The van der Waals surface area contributed by atoms with Crippen LogP contribution < -0.4 is 28.5 Å². The summed E-state index contributed by atoms with van der Waals surface area (Å²) in [6.07, 6.45) is 8.31. The number of rotatable bonds is 7. The first-order valence-corrected chi connectivity index (χ1v) is 7.07. The van der Waals surface area contributed by atoms with E-state index in [9.17, 15) is 0 Å². The van der Waals surface area contributed by atoms with Gasteiger partial charge >= 0.3 is 0 Å². The number of halogens is 1. The Kier molecular flexibility index (Phi) is 13.2. The number of nitrogens with zero attached hydrogens (tertiary/aromatic N) is 1. The van der Waals surface area contributed by atoms with E-state index in [4.69, 9.17) is 0 Å². The summed E-state index contributed by atoms with van der Waals surface area (Å²) in [5.41, 5.74) is 3.71. The molecular formula is C13H26INOS. The first kappa shape index (κ1) is 19.7. The van der Waals surface area contributed by atoms with Crippen LogP contribution in [0.5, 0.6) is 0 Å². The highest BCUT2D eigenvalue weighted by Gasteiger charge is 2.10. The van der Waals surface area contributed by atoms with Gasteiger partial charge in [-0.05, 0) is 13.3 Å². The molecule has 0 aromatic carbocycles. The van der Waals surface area contributed by atoms with Crippen molar-refractivity contribution in [1.29, 1.82) is 0 Å². The molecule has 0 fully saturated rings. The molecule has 17 heavy (non-hydrogen) atoms. The molecule has 1 aromatic heterocycles. The third-order valence-electron chi connectivity index (χ3n) is 3.05. The third kappa shape index (κ3) is 7.36. The van der Waals surface area contributed by atoms with Crippen molar-refractivity contribution < 1.29 is 34.0 Å². The Balaban J connectivity index is 0. The third-order valence-corrected chi connectivity index (χ3v) is 4.06. The summed E-state index contributed by atoms with van der Waals surface area (Å²) in [6.45, 7) is 7.91. The van der Waals surface area contributed by atoms with E-state index < -0.39 is 0 Å². The lowest BCUT2D eigenvalue weighted by Crippen LogP contribution is -3.00. The fourth-order valence-electron chi connectivity index (χ4n) is 1.79. The summed E-state index contributed by atoms with van der Waals surface area (Å²) >= 11 is 1.87. The molecule has 1 heterocycles.